The Hall–Kier alpha value is -2.74. The van der Waals surface area contributed by atoms with Crippen molar-refractivity contribution in [3.05, 3.63) is 48.5 Å². The number of phenols is 1. The van der Waals surface area contributed by atoms with Crippen molar-refractivity contribution in [2.75, 3.05) is 31.2 Å². The van der Waals surface area contributed by atoms with Crippen molar-refractivity contribution in [1.29, 1.82) is 0 Å². The summed E-state index contributed by atoms with van der Waals surface area (Å²) in [7, 11) is -8.47. The van der Waals surface area contributed by atoms with Gasteiger partial charge in [0.1, 0.15) is 30.2 Å². The van der Waals surface area contributed by atoms with E-state index in [0.29, 0.717) is 17.3 Å². The van der Waals surface area contributed by atoms with Crippen molar-refractivity contribution in [3.63, 3.8) is 0 Å². The van der Waals surface area contributed by atoms with Gasteiger partial charge >= 0.3 is 11.9 Å². The van der Waals surface area contributed by atoms with Gasteiger partial charge in [-0.05, 0) is 83.1 Å². The SMILES string of the molecule is CC#CCOc1ccc(S(=O)(=O)N2CCSC(C)(C)C2C(=O)OC(=O)C2N(S(=O)(=O)c3ccc(O)cc3)CCSC2(C)C)cc1. The molecule has 2 atom stereocenters. The number of esters is 2. The predicted octanol–water partition coefficient (Wildman–Crippen LogP) is 3.33. The Kier molecular flexibility index (Phi) is 10.6. The first-order chi connectivity index (χ1) is 21.0. The zero-order valence-corrected chi connectivity index (χ0v) is 28.8. The normalized spacial score (nSPS) is 22.1. The van der Waals surface area contributed by atoms with E-state index in [4.69, 9.17) is 9.47 Å². The predicted molar refractivity (Wildman–Crippen MR) is 173 cm³/mol. The molecule has 2 fully saturated rings. The number of rotatable bonds is 8. The summed E-state index contributed by atoms with van der Waals surface area (Å²) >= 11 is 2.73. The number of phenolic OH excluding ortho intramolecular Hbond substituents is 1. The van der Waals surface area contributed by atoms with E-state index in [2.05, 4.69) is 11.8 Å². The zero-order valence-electron chi connectivity index (χ0n) is 25.5. The van der Waals surface area contributed by atoms with Crippen molar-refractivity contribution in [2.45, 2.75) is 66.0 Å². The lowest BCUT2D eigenvalue weighted by Gasteiger charge is -2.45. The van der Waals surface area contributed by atoms with Crippen LogP contribution in [0.15, 0.2) is 58.3 Å². The molecule has 45 heavy (non-hydrogen) atoms. The molecule has 0 spiro atoms. The van der Waals surface area contributed by atoms with Gasteiger partial charge < -0.3 is 14.6 Å². The van der Waals surface area contributed by atoms with E-state index < -0.39 is 53.6 Å². The van der Waals surface area contributed by atoms with Crippen LogP contribution in [0, 0.1) is 11.8 Å². The number of carbonyl (C=O) groups excluding carboxylic acids is 2. The summed E-state index contributed by atoms with van der Waals surface area (Å²) in [6, 6.07) is 7.88. The monoisotopic (exact) mass is 696 g/mol. The van der Waals surface area contributed by atoms with E-state index in [9.17, 15) is 31.5 Å². The summed E-state index contributed by atoms with van der Waals surface area (Å²) in [6.07, 6.45) is 0. The number of benzene rings is 2. The molecule has 2 heterocycles. The average molecular weight is 697 g/mol. The van der Waals surface area contributed by atoms with Crippen LogP contribution < -0.4 is 4.74 Å². The second-order valence-electron chi connectivity index (χ2n) is 11.4. The molecule has 15 heteroatoms. The summed E-state index contributed by atoms with van der Waals surface area (Å²) in [5, 5.41) is 9.64. The molecular weight excluding hydrogens is 661 g/mol. The van der Waals surface area contributed by atoms with Crippen molar-refractivity contribution < 1.29 is 41.0 Å². The quantitative estimate of drug-likeness (QED) is 0.246. The molecule has 244 valence electrons. The van der Waals surface area contributed by atoms with Crippen LogP contribution in [0.3, 0.4) is 0 Å². The molecule has 0 aromatic heterocycles. The van der Waals surface area contributed by atoms with Gasteiger partial charge in [-0.15, -0.1) is 5.92 Å². The molecule has 0 amide bonds. The summed E-state index contributed by atoms with van der Waals surface area (Å²) in [5.74, 6) is 4.36. The van der Waals surface area contributed by atoms with Crippen molar-refractivity contribution >= 4 is 55.5 Å². The highest BCUT2D eigenvalue weighted by Gasteiger charge is 2.53. The highest BCUT2D eigenvalue weighted by Crippen LogP contribution is 2.41. The molecule has 2 unspecified atom stereocenters. The Morgan fingerprint density at radius 2 is 1.24 bits per heavy atom. The third kappa shape index (κ3) is 7.47. The average Bonchev–Trinajstić information content (AvgIpc) is 2.96. The van der Waals surface area contributed by atoms with Gasteiger partial charge in [0, 0.05) is 34.1 Å². The number of carbonyl (C=O) groups is 2. The summed E-state index contributed by atoms with van der Waals surface area (Å²) < 4.78 is 66.1. The number of aromatic hydroxyl groups is 1. The number of hydrogen-bond acceptors (Lipinski definition) is 11. The number of ether oxygens (including phenoxy) is 2. The fraction of sp³-hybridized carbons (Fsp3) is 0.467. The van der Waals surface area contributed by atoms with Gasteiger partial charge in [-0.25, -0.2) is 26.4 Å². The minimum absolute atomic E-state index is 0.0130. The maximum atomic E-state index is 13.9. The molecule has 2 aliphatic heterocycles. The first-order valence-corrected chi connectivity index (χ1v) is 18.9. The maximum absolute atomic E-state index is 13.9. The standard InChI is InChI=1S/C30H36N2O9S4/c1-6-7-18-40-22-10-14-24(15-11-22)45(38,39)32-17-20-43-30(4,5)26(32)28(35)41-27(34)25-29(2,3)42-19-16-31(25)44(36,37)23-12-8-21(33)9-13-23/h8-15,25-26,33H,16-20H2,1-5H3. The molecule has 11 nitrogen and oxygen atoms in total. The molecule has 0 bridgehead atoms. The maximum Gasteiger partial charge on any atom is 0.333 e. The van der Waals surface area contributed by atoms with Crippen LogP contribution in [0.4, 0.5) is 0 Å². The summed E-state index contributed by atoms with van der Waals surface area (Å²) in [5.41, 5.74) is 0. The molecule has 1 N–H and O–H groups in total. The van der Waals surface area contributed by atoms with E-state index in [0.717, 1.165) is 8.61 Å². The molecule has 0 radical (unpaired) electrons. The number of sulfonamides is 2. The second kappa shape index (κ2) is 13.5. The van der Waals surface area contributed by atoms with E-state index in [-0.39, 0.29) is 35.2 Å². The van der Waals surface area contributed by atoms with Gasteiger partial charge in [-0.3, -0.25) is 0 Å². The van der Waals surface area contributed by atoms with Crippen LogP contribution in [-0.4, -0.2) is 95.3 Å². The van der Waals surface area contributed by atoms with E-state index in [1.807, 2.05) is 0 Å². The van der Waals surface area contributed by atoms with Crippen LogP contribution in [0.25, 0.3) is 0 Å². The number of nitrogens with zero attached hydrogens (tertiary/aromatic N) is 2. The van der Waals surface area contributed by atoms with Gasteiger partial charge in [-0.2, -0.15) is 32.1 Å². The van der Waals surface area contributed by atoms with E-state index in [1.54, 1.807) is 34.6 Å². The minimum Gasteiger partial charge on any atom is -0.508 e. The Labute approximate surface area is 273 Å². The second-order valence-corrected chi connectivity index (χ2v) is 18.6. The molecular formula is C30H36N2O9S4. The third-order valence-electron chi connectivity index (χ3n) is 7.47. The highest BCUT2D eigenvalue weighted by molar-refractivity contribution is 8.01. The first-order valence-electron chi connectivity index (χ1n) is 14.0. The Balaban J connectivity index is 1.63. The van der Waals surface area contributed by atoms with Crippen molar-refractivity contribution in [1.82, 2.24) is 8.61 Å². The van der Waals surface area contributed by atoms with Crippen LogP contribution in [-0.2, 0) is 34.4 Å². The molecule has 2 aromatic rings. The molecule has 4 rings (SSSR count). The van der Waals surface area contributed by atoms with E-state index >= 15 is 0 Å². The van der Waals surface area contributed by atoms with Gasteiger partial charge in [0.05, 0.1) is 9.79 Å². The smallest absolute Gasteiger partial charge is 0.333 e. The fourth-order valence-corrected chi connectivity index (χ4v) is 11.4. The number of hydrogen-bond donors (Lipinski definition) is 1. The van der Waals surface area contributed by atoms with Crippen LogP contribution in [0.5, 0.6) is 11.5 Å². The van der Waals surface area contributed by atoms with Crippen LogP contribution in [0.2, 0.25) is 0 Å². The van der Waals surface area contributed by atoms with Gasteiger partial charge in [-0.1, -0.05) is 5.92 Å². The zero-order chi connectivity index (χ0) is 33.2. The lowest BCUT2D eigenvalue weighted by molar-refractivity contribution is -0.166. The van der Waals surface area contributed by atoms with E-state index in [1.165, 1.54) is 72.1 Å². The first kappa shape index (κ1) is 35.1. The third-order valence-corrected chi connectivity index (χ3v) is 13.9. The molecule has 0 aliphatic carbocycles. The summed E-state index contributed by atoms with van der Waals surface area (Å²) in [6.45, 7) is 8.55. The Morgan fingerprint density at radius 3 is 1.67 bits per heavy atom. The number of thioether (sulfide) groups is 2. The molecule has 2 saturated heterocycles. The van der Waals surface area contributed by atoms with Crippen LogP contribution in [0.1, 0.15) is 34.6 Å². The molecule has 2 aliphatic rings. The van der Waals surface area contributed by atoms with Gasteiger partial charge in [0.2, 0.25) is 20.0 Å². The molecule has 2 aromatic carbocycles. The minimum atomic E-state index is -4.24. The fourth-order valence-electron chi connectivity index (χ4n) is 5.23. The lowest BCUT2D eigenvalue weighted by atomic mass is 10.0. The van der Waals surface area contributed by atoms with Gasteiger partial charge in [0.15, 0.2) is 0 Å². The Morgan fingerprint density at radius 1 is 0.822 bits per heavy atom. The highest BCUT2D eigenvalue weighted by atomic mass is 32.2. The van der Waals surface area contributed by atoms with Crippen molar-refractivity contribution in [3.8, 4) is 23.3 Å². The largest absolute Gasteiger partial charge is 0.508 e. The molecule has 0 saturated carbocycles. The lowest BCUT2D eigenvalue weighted by Crippen LogP contribution is -2.62. The van der Waals surface area contributed by atoms with Crippen LogP contribution >= 0.6 is 23.5 Å². The van der Waals surface area contributed by atoms with Gasteiger partial charge in [0.25, 0.3) is 0 Å². The topological polar surface area (TPSA) is 148 Å². The van der Waals surface area contributed by atoms with Crippen molar-refractivity contribution in [2.24, 2.45) is 0 Å². The Bertz CT molecular complexity index is 1700. The summed E-state index contributed by atoms with van der Waals surface area (Å²) in [4.78, 5) is 27.4.